The number of carbonyl (C=O) groups excluding carboxylic acids is 1. The molecule has 1 amide bonds. The molecule has 0 aliphatic carbocycles. The summed E-state index contributed by atoms with van der Waals surface area (Å²) in [5.41, 5.74) is 3.10. The lowest BCUT2D eigenvalue weighted by Gasteiger charge is -2.13. The van der Waals surface area contributed by atoms with E-state index < -0.39 is 10.8 Å². The molecule has 1 N–H and O–H groups in total. The van der Waals surface area contributed by atoms with E-state index in [9.17, 15) is 20.2 Å². The van der Waals surface area contributed by atoms with Crippen molar-refractivity contribution in [1.82, 2.24) is 14.8 Å². The van der Waals surface area contributed by atoms with E-state index in [1.54, 1.807) is 0 Å². The first-order valence-electron chi connectivity index (χ1n) is 9.72. The van der Waals surface area contributed by atoms with Gasteiger partial charge in [-0.1, -0.05) is 24.3 Å². The second kappa shape index (κ2) is 7.92. The number of anilines is 1. The van der Waals surface area contributed by atoms with Gasteiger partial charge in [-0.15, -0.1) is 0 Å². The fourth-order valence-electron chi connectivity index (χ4n) is 3.62. The van der Waals surface area contributed by atoms with Crippen molar-refractivity contribution in [2.45, 2.75) is 20.8 Å². The van der Waals surface area contributed by atoms with E-state index in [2.05, 4.69) is 10.4 Å². The minimum absolute atomic E-state index is 0.134. The molecule has 0 aliphatic heterocycles. The second-order valence-corrected chi connectivity index (χ2v) is 7.36. The molecule has 0 unspecified atom stereocenters. The third-order valence-electron chi connectivity index (χ3n) is 5.32. The Balaban J connectivity index is 1.81. The highest BCUT2D eigenvalue weighted by Gasteiger charge is 2.22. The molecule has 9 heteroatoms. The van der Waals surface area contributed by atoms with E-state index >= 15 is 0 Å². The highest BCUT2D eigenvalue weighted by Crippen LogP contribution is 2.27. The SMILES string of the molecule is Cc1c(C(=O)Nc2c(C#N)cnn2-c2cc(C)c3cccc(C)c3n2)cccc1[N+](=O)[O-]. The largest absolute Gasteiger partial charge is 0.305 e. The molecule has 0 bridgehead atoms. The molecule has 2 aromatic heterocycles. The Hall–Kier alpha value is -4.58. The lowest BCUT2D eigenvalue weighted by molar-refractivity contribution is -0.385. The van der Waals surface area contributed by atoms with Crippen LogP contribution in [0.1, 0.15) is 32.6 Å². The molecule has 4 rings (SSSR count). The number of fused-ring (bicyclic) bond motifs is 1. The zero-order valence-electron chi connectivity index (χ0n) is 17.6. The topological polar surface area (TPSA) is 127 Å². The lowest BCUT2D eigenvalue weighted by atomic mass is 10.1. The van der Waals surface area contributed by atoms with Crippen LogP contribution in [0, 0.1) is 42.2 Å². The Kier molecular flexibility index (Phi) is 5.12. The van der Waals surface area contributed by atoms with E-state index in [1.165, 1.54) is 36.0 Å². The fraction of sp³-hybridized carbons (Fsp3) is 0.130. The lowest BCUT2D eigenvalue weighted by Crippen LogP contribution is -2.18. The number of nitro benzene ring substituents is 1. The van der Waals surface area contributed by atoms with Gasteiger partial charge in [0.2, 0.25) is 0 Å². The summed E-state index contributed by atoms with van der Waals surface area (Å²) in [4.78, 5) is 28.4. The van der Waals surface area contributed by atoms with Gasteiger partial charge in [-0.25, -0.2) is 4.98 Å². The van der Waals surface area contributed by atoms with E-state index in [0.717, 1.165) is 22.0 Å². The van der Waals surface area contributed by atoms with Crippen LogP contribution in [-0.4, -0.2) is 25.6 Å². The van der Waals surface area contributed by atoms with Crippen molar-refractivity contribution in [2.24, 2.45) is 0 Å². The third-order valence-corrected chi connectivity index (χ3v) is 5.32. The van der Waals surface area contributed by atoms with Gasteiger partial charge < -0.3 is 5.32 Å². The smallest absolute Gasteiger partial charge is 0.273 e. The van der Waals surface area contributed by atoms with Crippen molar-refractivity contribution in [3.8, 4) is 11.9 Å². The Morgan fingerprint density at radius 2 is 1.91 bits per heavy atom. The van der Waals surface area contributed by atoms with Crippen LogP contribution in [0.4, 0.5) is 11.5 Å². The van der Waals surface area contributed by atoms with Gasteiger partial charge in [-0.2, -0.15) is 15.0 Å². The maximum Gasteiger partial charge on any atom is 0.273 e. The summed E-state index contributed by atoms with van der Waals surface area (Å²) in [5.74, 6) is -0.00162. The Bertz CT molecular complexity index is 1450. The van der Waals surface area contributed by atoms with Crippen LogP contribution in [0.5, 0.6) is 0 Å². The molecule has 0 aliphatic rings. The number of hydrogen-bond acceptors (Lipinski definition) is 6. The number of rotatable bonds is 4. The summed E-state index contributed by atoms with van der Waals surface area (Å²) >= 11 is 0. The first-order valence-corrected chi connectivity index (χ1v) is 9.72. The summed E-state index contributed by atoms with van der Waals surface area (Å²) in [6, 6.07) is 14.0. The number of para-hydroxylation sites is 1. The number of carbonyl (C=O) groups is 1. The summed E-state index contributed by atoms with van der Waals surface area (Å²) in [5, 5.41) is 28.7. The molecular formula is C23H18N6O3. The number of aryl methyl sites for hydroxylation is 2. The highest BCUT2D eigenvalue weighted by atomic mass is 16.6. The molecule has 9 nitrogen and oxygen atoms in total. The quantitative estimate of drug-likeness (QED) is 0.381. The molecular weight excluding hydrogens is 408 g/mol. The predicted molar refractivity (Wildman–Crippen MR) is 119 cm³/mol. The number of nitrogens with one attached hydrogen (secondary N) is 1. The van der Waals surface area contributed by atoms with Crippen LogP contribution in [0.2, 0.25) is 0 Å². The van der Waals surface area contributed by atoms with Crippen LogP contribution in [0.15, 0.2) is 48.7 Å². The van der Waals surface area contributed by atoms with E-state index in [4.69, 9.17) is 4.98 Å². The Morgan fingerprint density at radius 1 is 1.16 bits per heavy atom. The maximum absolute atomic E-state index is 13.0. The first kappa shape index (κ1) is 20.7. The van der Waals surface area contributed by atoms with Crippen molar-refractivity contribution in [3.63, 3.8) is 0 Å². The number of nitrogens with zero attached hydrogens (tertiary/aromatic N) is 5. The Labute approximate surface area is 183 Å². The third kappa shape index (κ3) is 3.44. The van der Waals surface area contributed by atoms with E-state index in [-0.39, 0.29) is 28.2 Å². The Morgan fingerprint density at radius 3 is 2.62 bits per heavy atom. The second-order valence-electron chi connectivity index (χ2n) is 7.36. The predicted octanol–water partition coefficient (Wildman–Crippen LogP) is 4.38. The normalized spacial score (nSPS) is 10.7. The van der Waals surface area contributed by atoms with Crippen molar-refractivity contribution in [1.29, 1.82) is 5.26 Å². The number of benzene rings is 2. The average molecular weight is 426 g/mol. The number of nitriles is 1. The van der Waals surface area contributed by atoms with Gasteiger partial charge in [0, 0.05) is 22.6 Å². The molecule has 32 heavy (non-hydrogen) atoms. The molecule has 0 radical (unpaired) electrons. The van der Waals surface area contributed by atoms with Gasteiger partial charge in [0.25, 0.3) is 11.6 Å². The minimum atomic E-state index is -0.585. The number of amides is 1. The maximum atomic E-state index is 13.0. The number of aromatic nitrogens is 3. The van der Waals surface area contributed by atoms with Gasteiger partial charge in [0.1, 0.15) is 11.6 Å². The van der Waals surface area contributed by atoms with E-state index in [0.29, 0.717) is 5.82 Å². The summed E-state index contributed by atoms with van der Waals surface area (Å²) < 4.78 is 1.39. The van der Waals surface area contributed by atoms with Crippen molar-refractivity contribution in [3.05, 3.63) is 86.6 Å². The summed E-state index contributed by atoms with van der Waals surface area (Å²) in [7, 11) is 0. The van der Waals surface area contributed by atoms with Crippen LogP contribution in [0.25, 0.3) is 16.7 Å². The van der Waals surface area contributed by atoms with Gasteiger partial charge in [0.05, 0.1) is 16.6 Å². The highest BCUT2D eigenvalue weighted by molar-refractivity contribution is 6.06. The van der Waals surface area contributed by atoms with Gasteiger partial charge in [0.15, 0.2) is 11.6 Å². The summed E-state index contributed by atoms with van der Waals surface area (Å²) in [6.45, 7) is 5.41. The zero-order valence-corrected chi connectivity index (χ0v) is 17.6. The van der Waals surface area contributed by atoms with Crippen molar-refractivity contribution < 1.29 is 9.72 Å². The summed E-state index contributed by atoms with van der Waals surface area (Å²) in [6.07, 6.45) is 1.34. The van der Waals surface area contributed by atoms with Gasteiger partial charge in [-0.3, -0.25) is 14.9 Å². The number of nitro groups is 1. The molecule has 0 saturated carbocycles. The molecule has 0 atom stereocenters. The van der Waals surface area contributed by atoms with Gasteiger partial charge in [-0.05, 0) is 44.0 Å². The van der Waals surface area contributed by atoms with Crippen LogP contribution in [-0.2, 0) is 0 Å². The number of hydrogen-bond donors (Lipinski definition) is 1. The standard InChI is InChI=1S/C23H18N6O3/c1-13-6-4-7-17-14(2)10-20(26-21(13)17)28-22(16(11-24)12-25-28)27-23(30)18-8-5-9-19(15(18)3)29(31)32/h4-10,12H,1-3H3,(H,27,30). The zero-order chi connectivity index (χ0) is 23.0. The molecule has 0 spiro atoms. The molecule has 2 heterocycles. The molecule has 0 fully saturated rings. The fourth-order valence-corrected chi connectivity index (χ4v) is 3.62. The van der Waals surface area contributed by atoms with Crippen molar-refractivity contribution >= 4 is 28.3 Å². The van der Waals surface area contributed by atoms with Crippen LogP contribution in [0.3, 0.4) is 0 Å². The number of pyridine rings is 1. The minimum Gasteiger partial charge on any atom is -0.305 e. The molecule has 4 aromatic rings. The molecule has 2 aromatic carbocycles. The first-order chi connectivity index (χ1) is 15.3. The molecule has 158 valence electrons. The van der Waals surface area contributed by atoms with Gasteiger partial charge >= 0.3 is 0 Å². The van der Waals surface area contributed by atoms with Crippen molar-refractivity contribution in [2.75, 3.05) is 5.32 Å². The average Bonchev–Trinajstić information content (AvgIpc) is 3.16. The monoisotopic (exact) mass is 426 g/mol. The molecule has 0 saturated heterocycles. The van der Waals surface area contributed by atoms with Crippen LogP contribution < -0.4 is 5.32 Å². The van der Waals surface area contributed by atoms with Crippen LogP contribution >= 0.6 is 0 Å². The van der Waals surface area contributed by atoms with E-state index in [1.807, 2.05) is 44.2 Å².